The van der Waals surface area contributed by atoms with Gasteiger partial charge in [0.25, 0.3) is 5.91 Å². The number of hydrogen-bond donors (Lipinski definition) is 2. The summed E-state index contributed by atoms with van der Waals surface area (Å²) in [6, 6.07) is 12.3. The SMILES string of the molecule is O=C(Nc1ccc(Cl)cc1C(=O)O)c1ccc(CC23CC4CC(CC(C4)C2)C3)cc1. The number of rotatable bonds is 5. The smallest absolute Gasteiger partial charge is 0.337 e. The van der Waals surface area contributed by atoms with Crippen molar-refractivity contribution in [3.8, 4) is 0 Å². The highest BCUT2D eigenvalue weighted by Crippen LogP contribution is 2.61. The molecule has 2 aromatic carbocycles. The third-order valence-electron chi connectivity index (χ3n) is 7.42. The number of carbonyl (C=O) groups excluding carboxylic acids is 1. The predicted molar refractivity (Wildman–Crippen MR) is 117 cm³/mol. The Morgan fingerprint density at radius 1 is 0.967 bits per heavy atom. The van der Waals surface area contributed by atoms with E-state index in [4.69, 9.17) is 11.6 Å². The Bertz CT molecular complexity index is 963. The normalized spacial score (nSPS) is 29.0. The standard InChI is InChI=1S/C25H26ClNO3/c26-20-5-6-22(21(10-20)24(29)30)27-23(28)19-3-1-15(2-4-19)11-25-12-16-7-17(13-25)9-18(8-16)14-25/h1-6,10,16-18H,7-9,11-14H2,(H,27,28)(H,29,30). The summed E-state index contributed by atoms with van der Waals surface area (Å²) in [4.78, 5) is 24.1. The maximum Gasteiger partial charge on any atom is 0.337 e. The highest BCUT2D eigenvalue weighted by molar-refractivity contribution is 6.31. The van der Waals surface area contributed by atoms with Gasteiger partial charge in [-0.3, -0.25) is 4.79 Å². The molecule has 0 atom stereocenters. The van der Waals surface area contributed by atoms with E-state index in [1.54, 1.807) is 6.07 Å². The number of halogens is 1. The molecule has 0 aliphatic heterocycles. The minimum atomic E-state index is -1.13. The average molecular weight is 424 g/mol. The molecule has 1 amide bonds. The largest absolute Gasteiger partial charge is 0.478 e. The van der Waals surface area contributed by atoms with Crippen LogP contribution in [0.1, 0.15) is 64.8 Å². The molecule has 0 aromatic heterocycles. The van der Waals surface area contributed by atoms with E-state index < -0.39 is 5.97 Å². The van der Waals surface area contributed by atoms with Gasteiger partial charge in [0.1, 0.15) is 0 Å². The van der Waals surface area contributed by atoms with Gasteiger partial charge in [0.05, 0.1) is 11.3 Å². The monoisotopic (exact) mass is 423 g/mol. The Balaban J connectivity index is 1.29. The zero-order valence-electron chi connectivity index (χ0n) is 16.9. The van der Waals surface area contributed by atoms with Gasteiger partial charge in [-0.1, -0.05) is 23.7 Å². The summed E-state index contributed by atoms with van der Waals surface area (Å²) >= 11 is 5.88. The Morgan fingerprint density at radius 3 is 2.13 bits per heavy atom. The molecule has 4 aliphatic rings. The first kappa shape index (κ1) is 19.6. The second-order valence-electron chi connectivity index (χ2n) is 9.74. The number of nitrogens with one attached hydrogen (secondary N) is 1. The Morgan fingerprint density at radius 2 is 1.57 bits per heavy atom. The number of hydrogen-bond acceptors (Lipinski definition) is 2. The lowest BCUT2D eigenvalue weighted by atomic mass is 9.48. The molecule has 2 aromatic rings. The van der Waals surface area contributed by atoms with Crippen LogP contribution in [0.15, 0.2) is 42.5 Å². The number of carboxylic acids is 1. The van der Waals surface area contributed by atoms with Crippen LogP contribution in [0.2, 0.25) is 5.02 Å². The predicted octanol–water partition coefficient (Wildman–Crippen LogP) is 6.05. The maximum absolute atomic E-state index is 12.7. The molecule has 0 spiro atoms. The molecule has 6 rings (SSSR count). The van der Waals surface area contributed by atoms with E-state index in [-0.39, 0.29) is 17.2 Å². The van der Waals surface area contributed by atoms with E-state index in [0.29, 0.717) is 16.0 Å². The van der Waals surface area contributed by atoms with Crippen LogP contribution < -0.4 is 5.32 Å². The second kappa shape index (κ2) is 7.42. The molecule has 0 saturated heterocycles. The van der Waals surface area contributed by atoms with Crippen molar-refractivity contribution in [1.29, 1.82) is 0 Å². The van der Waals surface area contributed by atoms with E-state index in [2.05, 4.69) is 17.4 Å². The van der Waals surface area contributed by atoms with Crippen molar-refractivity contribution in [2.75, 3.05) is 5.32 Å². The van der Waals surface area contributed by atoms with Gasteiger partial charge in [-0.25, -0.2) is 4.79 Å². The van der Waals surface area contributed by atoms with E-state index in [0.717, 1.165) is 24.2 Å². The Labute approximate surface area is 181 Å². The molecule has 4 aliphatic carbocycles. The number of carboxylic acid groups (broad SMARTS) is 1. The first-order valence-electron chi connectivity index (χ1n) is 10.8. The summed E-state index contributed by atoms with van der Waals surface area (Å²) in [5, 5.41) is 12.4. The number of aromatic carboxylic acids is 1. The van der Waals surface area contributed by atoms with Crippen molar-refractivity contribution < 1.29 is 14.7 Å². The number of carbonyl (C=O) groups is 2. The molecule has 0 unspecified atom stereocenters. The Hall–Kier alpha value is -2.33. The number of anilines is 1. The van der Waals surface area contributed by atoms with Gasteiger partial charge < -0.3 is 10.4 Å². The fourth-order valence-electron chi connectivity index (χ4n) is 6.71. The highest BCUT2D eigenvalue weighted by Gasteiger charge is 2.50. The quantitative estimate of drug-likeness (QED) is 0.615. The zero-order chi connectivity index (χ0) is 20.9. The third-order valence-corrected chi connectivity index (χ3v) is 7.66. The Kier molecular flexibility index (Phi) is 4.85. The summed E-state index contributed by atoms with van der Waals surface area (Å²) in [5.74, 6) is 1.36. The second-order valence-corrected chi connectivity index (χ2v) is 10.2. The van der Waals surface area contributed by atoms with Crippen LogP contribution >= 0.6 is 11.6 Å². The molecule has 2 N–H and O–H groups in total. The van der Waals surface area contributed by atoms with Crippen molar-refractivity contribution >= 4 is 29.2 Å². The summed E-state index contributed by atoms with van der Waals surface area (Å²) in [6.07, 6.45) is 9.56. The van der Waals surface area contributed by atoms with Crippen LogP contribution in [-0.2, 0) is 6.42 Å². The summed E-state index contributed by atoms with van der Waals surface area (Å²) in [5.41, 5.74) is 2.52. The third kappa shape index (κ3) is 3.74. The van der Waals surface area contributed by atoms with E-state index in [1.807, 2.05) is 12.1 Å². The van der Waals surface area contributed by atoms with Gasteiger partial charge in [0, 0.05) is 10.6 Å². The minimum Gasteiger partial charge on any atom is -0.478 e. The summed E-state index contributed by atoms with van der Waals surface area (Å²) in [6.45, 7) is 0. The first-order chi connectivity index (χ1) is 14.4. The van der Waals surface area contributed by atoms with Gasteiger partial charge in [-0.05, 0) is 104 Å². The van der Waals surface area contributed by atoms with Gasteiger partial charge in [-0.2, -0.15) is 0 Å². The van der Waals surface area contributed by atoms with Crippen molar-refractivity contribution in [2.24, 2.45) is 23.2 Å². The summed E-state index contributed by atoms with van der Waals surface area (Å²) in [7, 11) is 0. The van der Waals surface area contributed by atoms with Crippen LogP contribution in [0.4, 0.5) is 5.69 Å². The lowest BCUT2D eigenvalue weighted by Crippen LogP contribution is -2.47. The van der Waals surface area contributed by atoms with E-state index in [1.165, 1.54) is 56.2 Å². The topological polar surface area (TPSA) is 66.4 Å². The lowest BCUT2D eigenvalue weighted by molar-refractivity contribution is -0.0521. The molecule has 30 heavy (non-hydrogen) atoms. The zero-order valence-corrected chi connectivity index (χ0v) is 17.6. The molecular formula is C25H26ClNO3. The van der Waals surface area contributed by atoms with Crippen LogP contribution in [0.5, 0.6) is 0 Å². The van der Waals surface area contributed by atoms with Crippen LogP contribution in [0.25, 0.3) is 0 Å². The molecule has 0 heterocycles. The number of benzene rings is 2. The van der Waals surface area contributed by atoms with Crippen molar-refractivity contribution in [1.82, 2.24) is 0 Å². The van der Waals surface area contributed by atoms with Gasteiger partial charge in [-0.15, -0.1) is 0 Å². The fraction of sp³-hybridized carbons (Fsp3) is 0.440. The lowest BCUT2D eigenvalue weighted by Gasteiger charge is -2.57. The highest BCUT2D eigenvalue weighted by atomic mass is 35.5. The van der Waals surface area contributed by atoms with Gasteiger partial charge in [0.2, 0.25) is 0 Å². The van der Waals surface area contributed by atoms with Crippen LogP contribution in [0.3, 0.4) is 0 Å². The van der Waals surface area contributed by atoms with Crippen molar-refractivity contribution in [2.45, 2.75) is 44.9 Å². The molecule has 0 radical (unpaired) electrons. The summed E-state index contributed by atoms with van der Waals surface area (Å²) < 4.78 is 0. The maximum atomic E-state index is 12.7. The molecule has 4 bridgehead atoms. The molecule has 5 heteroatoms. The number of amides is 1. The molecule has 156 valence electrons. The minimum absolute atomic E-state index is 0.0192. The van der Waals surface area contributed by atoms with Crippen LogP contribution in [-0.4, -0.2) is 17.0 Å². The fourth-order valence-corrected chi connectivity index (χ4v) is 6.88. The van der Waals surface area contributed by atoms with Gasteiger partial charge >= 0.3 is 5.97 Å². The van der Waals surface area contributed by atoms with Crippen molar-refractivity contribution in [3.05, 3.63) is 64.2 Å². The molecule has 4 saturated carbocycles. The molecular weight excluding hydrogens is 398 g/mol. The first-order valence-corrected chi connectivity index (χ1v) is 11.2. The van der Waals surface area contributed by atoms with E-state index in [9.17, 15) is 14.7 Å². The average Bonchev–Trinajstić information content (AvgIpc) is 2.68. The molecule has 4 fully saturated rings. The van der Waals surface area contributed by atoms with Crippen LogP contribution in [0, 0.1) is 23.2 Å². The van der Waals surface area contributed by atoms with E-state index >= 15 is 0 Å². The van der Waals surface area contributed by atoms with Crippen molar-refractivity contribution in [3.63, 3.8) is 0 Å². The van der Waals surface area contributed by atoms with Gasteiger partial charge in [0.15, 0.2) is 0 Å². The molecule has 4 nitrogen and oxygen atoms in total.